The summed E-state index contributed by atoms with van der Waals surface area (Å²) in [5.74, 6) is 1.22. The number of ether oxygens (including phenoxy) is 1. The summed E-state index contributed by atoms with van der Waals surface area (Å²) >= 11 is 0. The van der Waals surface area contributed by atoms with E-state index in [0.717, 1.165) is 74.8 Å². The Morgan fingerprint density at radius 1 is 1.02 bits per heavy atom. The van der Waals surface area contributed by atoms with Crippen LogP contribution in [-0.4, -0.2) is 89.1 Å². The molecular weight excluding hydrogens is 532 g/mol. The highest BCUT2D eigenvalue weighted by molar-refractivity contribution is 5.87. The highest BCUT2D eigenvalue weighted by Crippen LogP contribution is 2.32. The molecule has 2 aliphatic rings. The predicted molar refractivity (Wildman–Crippen MR) is 165 cm³/mol. The van der Waals surface area contributed by atoms with Crippen LogP contribution in [0.1, 0.15) is 12.8 Å². The molecule has 2 saturated heterocycles. The molecule has 0 saturated carbocycles. The van der Waals surface area contributed by atoms with E-state index in [-0.39, 0.29) is 11.5 Å². The van der Waals surface area contributed by atoms with Crippen molar-refractivity contribution in [1.82, 2.24) is 29.7 Å². The summed E-state index contributed by atoms with van der Waals surface area (Å²) in [5.41, 5.74) is 3.54. The number of methoxy groups -OCH3 is 1. The fourth-order valence-electron chi connectivity index (χ4n) is 5.00. The summed E-state index contributed by atoms with van der Waals surface area (Å²) in [6.45, 7) is 9.21. The van der Waals surface area contributed by atoms with Crippen LogP contribution >= 0.6 is 0 Å². The molecule has 2 aliphatic heterocycles. The van der Waals surface area contributed by atoms with Gasteiger partial charge in [-0.3, -0.25) is 9.59 Å². The first-order valence-corrected chi connectivity index (χ1v) is 14.1. The van der Waals surface area contributed by atoms with Gasteiger partial charge in [0.1, 0.15) is 17.0 Å². The van der Waals surface area contributed by atoms with Crippen LogP contribution in [-0.2, 0) is 4.79 Å². The second-order valence-electron chi connectivity index (χ2n) is 10.2. The molecule has 0 atom stereocenters. The number of amides is 1. The highest BCUT2D eigenvalue weighted by atomic mass is 16.5. The number of fused-ring (bicyclic) bond motifs is 1. The number of nitrogens with zero attached hydrogens (tertiary/aromatic N) is 6. The van der Waals surface area contributed by atoms with Crippen LogP contribution in [0.2, 0.25) is 0 Å². The third-order valence-corrected chi connectivity index (χ3v) is 7.37. The van der Waals surface area contributed by atoms with Crippen molar-refractivity contribution in [2.24, 2.45) is 0 Å². The number of rotatable bonds is 6. The number of carbonyl (C=O) groups is 1. The van der Waals surface area contributed by atoms with Crippen molar-refractivity contribution < 1.29 is 9.53 Å². The topological polar surface area (TPSA) is 120 Å². The second-order valence-corrected chi connectivity index (χ2v) is 10.2. The Labute approximate surface area is 244 Å². The van der Waals surface area contributed by atoms with E-state index in [2.05, 4.69) is 48.7 Å². The molecule has 11 nitrogen and oxygen atoms in total. The number of likely N-dealkylation sites (tertiary alicyclic amines) is 1. The highest BCUT2D eigenvalue weighted by Gasteiger charge is 2.18. The zero-order valence-corrected chi connectivity index (χ0v) is 24.0. The number of hydrogen-bond donors (Lipinski definition) is 2. The van der Waals surface area contributed by atoms with Crippen molar-refractivity contribution in [1.29, 1.82) is 0 Å². The van der Waals surface area contributed by atoms with Gasteiger partial charge in [-0.15, -0.1) is 0 Å². The average molecular weight is 569 g/mol. The van der Waals surface area contributed by atoms with Gasteiger partial charge in [0, 0.05) is 56.6 Å². The summed E-state index contributed by atoms with van der Waals surface area (Å²) in [7, 11) is 3.81. The van der Waals surface area contributed by atoms with Gasteiger partial charge < -0.3 is 29.7 Å². The van der Waals surface area contributed by atoms with Crippen LogP contribution in [0.25, 0.3) is 22.4 Å². The van der Waals surface area contributed by atoms with Gasteiger partial charge in [0.05, 0.1) is 19.0 Å². The fourth-order valence-corrected chi connectivity index (χ4v) is 5.00. The van der Waals surface area contributed by atoms with Gasteiger partial charge in [-0.05, 0) is 38.1 Å². The standard InChI is InChI=1S/C24H25N7O2.C7H11NO/c1-30-10-12-31(13-11-30)19-9-8-17(14-20(19)33-2)26-24-25-15-18-22(29-24)28-23(32)21(27-18)16-6-4-3-5-7-16;1-2-7(9)8-5-3-4-6-8/h3-9,14-15H,10-13H2,1-2H3,(H2,25,26,28,29,32);2H,1,3-6H2. The predicted octanol–water partition coefficient (Wildman–Crippen LogP) is 3.68. The van der Waals surface area contributed by atoms with Gasteiger partial charge in [0.2, 0.25) is 11.9 Å². The van der Waals surface area contributed by atoms with Crippen molar-refractivity contribution in [2.45, 2.75) is 12.8 Å². The summed E-state index contributed by atoms with van der Waals surface area (Å²) in [4.78, 5) is 46.0. The number of nitrogens with one attached hydrogen (secondary N) is 2. The van der Waals surface area contributed by atoms with Gasteiger partial charge in [0.15, 0.2) is 5.65 Å². The number of likely N-dealkylation sites (N-methyl/N-ethyl adjacent to an activating group) is 1. The summed E-state index contributed by atoms with van der Waals surface area (Å²) < 4.78 is 5.65. The Morgan fingerprint density at radius 3 is 2.45 bits per heavy atom. The van der Waals surface area contributed by atoms with Crippen molar-refractivity contribution in [3.8, 4) is 17.0 Å². The van der Waals surface area contributed by atoms with E-state index >= 15 is 0 Å². The number of aromatic nitrogens is 4. The van der Waals surface area contributed by atoms with Gasteiger partial charge >= 0.3 is 0 Å². The number of hydrogen-bond acceptors (Lipinski definition) is 9. The normalized spacial score (nSPS) is 15.2. The lowest BCUT2D eigenvalue weighted by Crippen LogP contribution is -2.44. The molecule has 1 amide bonds. The number of benzene rings is 2. The summed E-state index contributed by atoms with van der Waals surface area (Å²) in [6, 6.07) is 15.3. The van der Waals surface area contributed by atoms with Crippen LogP contribution < -0.4 is 20.5 Å². The van der Waals surface area contributed by atoms with Crippen LogP contribution in [0, 0.1) is 0 Å². The Bertz CT molecular complexity index is 1590. The maximum atomic E-state index is 12.6. The molecule has 2 N–H and O–H groups in total. The quantitative estimate of drug-likeness (QED) is 0.336. The van der Waals surface area contributed by atoms with Crippen LogP contribution in [0.5, 0.6) is 5.75 Å². The molecule has 11 heteroatoms. The van der Waals surface area contributed by atoms with Crippen LogP contribution in [0.15, 0.2) is 72.2 Å². The first-order valence-electron chi connectivity index (χ1n) is 14.1. The smallest absolute Gasteiger partial charge is 0.276 e. The average Bonchev–Trinajstić information content (AvgIpc) is 3.57. The fraction of sp³-hybridized carbons (Fsp3) is 0.323. The number of piperazine rings is 1. The maximum Gasteiger partial charge on any atom is 0.276 e. The van der Waals surface area contributed by atoms with Crippen molar-refractivity contribution in [3.05, 3.63) is 77.7 Å². The van der Waals surface area contributed by atoms with Crippen LogP contribution in [0.4, 0.5) is 17.3 Å². The maximum absolute atomic E-state index is 12.6. The lowest BCUT2D eigenvalue weighted by molar-refractivity contribution is -0.124. The van der Waals surface area contributed by atoms with Gasteiger partial charge in [-0.25, -0.2) is 9.97 Å². The molecule has 2 aromatic heterocycles. The van der Waals surface area contributed by atoms with E-state index in [4.69, 9.17) is 4.74 Å². The summed E-state index contributed by atoms with van der Waals surface area (Å²) in [5, 5.41) is 3.19. The third-order valence-electron chi connectivity index (χ3n) is 7.37. The Hall–Kier alpha value is -4.77. The Kier molecular flexibility index (Phi) is 9.08. The minimum atomic E-state index is -0.295. The molecule has 2 aromatic carbocycles. The number of carbonyl (C=O) groups excluding carboxylic acids is 1. The van der Waals surface area contributed by atoms with Gasteiger partial charge in [-0.1, -0.05) is 36.9 Å². The number of anilines is 3. The van der Waals surface area contributed by atoms with E-state index in [1.165, 1.54) is 6.08 Å². The van der Waals surface area contributed by atoms with Crippen molar-refractivity contribution in [2.75, 3.05) is 63.6 Å². The van der Waals surface area contributed by atoms with E-state index in [1.807, 2.05) is 53.4 Å². The number of H-pyrrole nitrogens is 1. The summed E-state index contributed by atoms with van der Waals surface area (Å²) in [6.07, 6.45) is 5.29. The molecule has 0 aliphatic carbocycles. The second kappa shape index (κ2) is 13.3. The Morgan fingerprint density at radius 2 is 1.76 bits per heavy atom. The minimum Gasteiger partial charge on any atom is -0.495 e. The van der Waals surface area contributed by atoms with E-state index < -0.39 is 0 Å². The molecule has 0 spiro atoms. The molecule has 6 rings (SSSR count). The number of aromatic amines is 1. The zero-order valence-electron chi connectivity index (χ0n) is 24.0. The minimum absolute atomic E-state index is 0.0764. The molecule has 4 heterocycles. The molecule has 0 radical (unpaired) electrons. The third kappa shape index (κ3) is 6.74. The first kappa shape index (κ1) is 28.7. The lowest BCUT2D eigenvalue weighted by Gasteiger charge is -2.34. The van der Waals surface area contributed by atoms with Gasteiger partial charge in [-0.2, -0.15) is 4.98 Å². The lowest BCUT2D eigenvalue weighted by atomic mass is 10.1. The van der Waals surface area contributed by atoms with Crippen molar-refractivity contribution in [3.63, 3.8) is 0 Å². The van der Waals surface area contributed by atoms with E-state index in [9.17, 15) is 9.59 Å². The largest absolute Gasteiger partial charge is 0.495 e. The molecule has 0 unspecified atom stereocenters. The molecule has 0 bridgehead atoms. The molecule has 42 heavy (non-hydrogen) atoms. The van der Waals surface area contributed by atoms with Crippen LogP contribution in [0.3, 0.4) is 0 Å². The molecular formula is C31H36N8O3. The first-order chi connectivity index (χ1) is 20.4. The van der Waals surface area contributed by atoms with E-state index in [1.54, 1.807) is 13.3 Å². The molecule has 218 valence electrons. The Balaban J connectivity index is 0.000000336. The van der Waals surface area contributed by atoms with E-state index in [0.29, 0.717) is 22.8 Å². The monoisotopic (exact) mass is 568 g/mol. The molecule has 4 aromatic rings. The van der Waals surface area contributed by atoms with Crippen molar-refractivity contribution >= 4 is 34.4 Å². The molecule has 2 fully saturated rings. The zero-order chi connectivity index (χ0) is 29.5. The van der Waals surface area contributed by atoms with Gasteiger partial charge in [0.25, 0.3) is 5.56 Å². The SMILES string of the molecule is C=CC(=O)N1CCCC1.COc1cc(Nc2ncc3nc(-c4ccccc4)c(=O)[nH]c3n2)ccc1N1CCN(C)CC1.